The number of nitrogens with zero attached hydrogens (tertiary/aromatic N) is 2. The van der Waals surface area contributed by atoms with E-state index in [0.717, 1.165) is 5.56 Å². The zero-order chi connectivity index (χ0) is 15.3. The van der Waals surface area contributed by atoms with E-state index < -0.39 is 5.54 Å². The van der Waals surface area contributed by atoms with Crippen LogP contribution in [0, 0.1) is 0 Å². The van der Waals surface area contributed by atoms with Crippen LogP contribution in [0.25, 0.3) is 0 Å². The molecule has 0 saturated carbocycles. The summed E-state index contributed by atoms with van der Waals surface area (Å²) in [5, 5.41) is 7.10. The van der Waals surface area contributed by atoms with Gasteiger partial charge in [0, 0.05) is 6.20 Å². The molecule has 1 aromatic heterocycles. The van der Waals surface area contributed by atoms with Gasteiger partial charge in [-0.2, -0.15) is 5.10 Å². The molecule has 0 fully saturated rings. The Kier molecular flexibility index (Phi) is 4.75. The number of carbonyl (C=O) groups excluding carboxylic acids is 1. The molecule has 2 aromatic rings. The van der Waals surface area contributed by atoms with Crippen LogP contribution in [0.1, 0.15) is 32.3 Å². The van der Waals surface area contributed by atoms with Gasteiger partial charge < -0.3 is 11.1 Å². The smallest absolute Gasteiger partial charge is 0.244 e. The van der Waals surface area contributed by atoms with Crippen molar-refractivity contribution in [3.05, 3.63) is 48.3 Å². The zero-order valence-electron chi connectivity index (χ0n) is 12.5. The van der Waals surface area contributed by atoms with Crippen LogP contribution in [0.4, 0.5) is 5.69 Å². The second kappa shape index (κ2) is 6.54. The first-order chi connectivity index (χ1) is 10.1. The number of rotatable bonds is 6. The molecule has 21 heavy (non-hydrogen) atoms. The summed E-state index contributed by atoms with van der Waals surface area (Å²) < 4.78 is 1.79. The van der Waals surface area contributed by atoms with Crippen LogP contribution in [0.5, 0.6) is 0 Å². The number of nitrogens with two attached hydrogens (primary N) is 1. The summed E-state index contributed by atoms with van der Waals surface area (Å²) in [6.07, 6.45) is 4.67. The molecule has 0 radical (unpaired) electrons. The van der Waals surface area contributed by atoms with E-state index in [1.165, 1.54) is 0 Å². The van der Waals surface area contributed by atoms with Gasteiger partial charge in [-0.15, -0.1) is 0 Å². The highest BCUT2D eigenvalue weighted by atomic mass is 16.2. The molecule has 1 heterocycles. The minimum Gasteiger partial charge on any atom is -0.322 e. The summed E-state index contributed by atoms with van der Waals surface area (Å²) in [5.41, 5.74) is 7.10. The Balaban J connectivity index is 2.02. The first-order valence-corrected chi connectivity index (χ1v) is 7.24. The molecule has 2 rings (SSSR count). The standard InChI is InChI=1S/C16H22N4O/c1-3-16(17,4-2)15(21)19-14-10-18-20(12-14)11-13-8-6-5-7-9-13/h5-10,12H,3-4,11,17H2,1-2H3,(H,19,21). The molecule has 0 aliphatic heterocycles. The van der Waals surface area contributed by atoms with Gasteiger partial charge in [-0.05, 0) is 18.4 Å². The molecule has 5 nitrogen and oxygen atoms in total. The van der Waals surface area contributed by atoms with Gasteiger partial charge >= 0.3 is 0 Å². The maximum Gasteiger partial charge on any atom is 0.244 e. The van der Waals surface area contributed by atoms with Crippen molar-refractivity contribution in [3.8, 4) is 0 Å². The highest BCUT2D eigenvalue weighted by Gasteiger charge is 2.30. The maximum atomic E-state index is 12.2. The molecular weight excluding hydrogens is 264 g/mol. The minimum atomic E-state index is -0.818. The summed E-state index contributed by atoms with van der Waals surface area (Å²) in [5.74, 6) is -0.160. The predicted octanol–water partition coefficient (Wildman–Crippen LogP) is 2.39. The Hall–Kier alpha value is -2.14. The SMILES string of the molecule is CCC(N)(CC)C(=O)Nc1cnn(Cc2ccccc2)c1. The molecule has 0 spiro atoms. The summed E-state index contributed by atoms with van der Waals surface area (Å²) >= 11 is 0. The molecule has 0 aliphatic rings. The lowest BCUT2D eigenvalue weighted by molar-refractivity contribution is -0.121. The normalized spacial score (nSPS) is 11.4. The Bertz CT molecular complexity index is 587. The number of benzene rings is 1. The van der Waals surface area contributed by atoms with E-state index >= 15 is 0 Å². The van der Waals surface area contributed by atoms with Gasteiger partial charge in [0.2, 0.25) is 5.91 Å². The molecule has 0 unspecified atom stereocenters. The molecule has 5 heteroatoms. The average Bonchev–Trinajstić information content (AvgIpc) is 2.94. The second-order valence-electron chi connectivity index (χ2n) is 5.23. The Morgan fingerprint density at radius 2 is 1.95 bits per heavy atom. The van der Waals surface area contributed by atoms with E-state index in [1.54, 1.807) is 10.9 Å². The van der Waals surface area contributed by atoms with Gasteiger partial charge in [0.1, 0.15) is 0 Å². The van der Waals surface area contributed by atoms with E-state index in [2.05, 4.69) is 10.4 Å². The van der Waals surface area contributed by atoms with E-state index in [9.17, 15) is 4.79 Å². The van der Waals surface area contributed by atoms with Crippen molar-refractivity contribution < 1.29 is 4.79 Å². The number of hydrogen-bond acceptors (Lipinski definition) is 3. The predicted molar refractivity (Wildman–Crippen MR) is 83.9 cm³/mol. The van der Waals surface area contributed by atoms with Gasteiger partial charge in [-0.3, -0.25) is 9.48 Å². The highest BCUT2D eigenvalue weighted by molar-refractivity contribution is 5.97. The number of hydrogen-bond donors (Lipinski definition) is 2. The molecule has 0 saturated heterocycles. The maximum absolute atomic E-state index is 12.2. The summed E-state index contributed by atoms with van der Waals surface area (Å²) in [7, 11) is 0. The van der Waals surface area contributed by atoms with Gasteiger partial charge in [0.25, 0.3) is 0 Å². The fraction of sp³-hybridized carbons (Fsp3) is 0.375. The number of carbonyl (C=O) groups is 1. The third-order valence-corrected chi connectivity index (χ3v) is 3.79. The third-order valence-electron chi connectivity index (χ3n) is 3.79. The average molecular weight is 286 g/mol. The number of anilines is 1. The van der Waals surface area contributed by atoms with Crippen molar-refractivity contribution in [1.82, 2.24) is 9.78 Å². The molecule has 0 aliphatic carbocycles. The van der Waals surface area contributed by atoms with Crippen LogP contribution >= 0.6 is 0 Å². The lowest BCUT2D eigenvalue weighted by Gasteiger charge is -2.24. The van der Waals surface area contributed by atoms with Gasteiger partial charge in [0.05, 0.1) is 24.0 Å². The summed E-state index contributed by atoms with van der Waals surface area (Å²) in [6, 6.07) is 10.0. The lowest BCUT2D eigenvalue weighted by Crippen LogP contribution is -2.50. The molecule has 0 atom stereocenters. The lowest BCUT2D eigenvalue weighted by atomic mass is 9.93. The fourth-order valence-electron chi connectivity index (χ4n) is 2.11. The Morgan fingerprint density at radius 3 is 2.57 bits per heavy atom. The van der Waals surface area contributed by atoms with E-state index in [0.29, 0.717) is 25.1 Å². The quantitative estimate of drug-likeness (QED) is 0.856. The van der Waals surface area contributed by atoms with Crippen LogP contribution < -0.4 is 11.1 Å². The first kappa shape index (κ1) is 15.3. The number of amides is 1. The molecule has 1 amide bonds. The molecular formula is C16H22N4O. The topological polar surface area (TPSA) is 72.9 Å². The van der Waals surface area contributed by atoms with Crippen LogP contribution in [0.15, 0.2) is 42.7 Å². The van der Waals surface area contributed by atoms with Crippen molar-refractivity contribution in [1.29, 1.82) is 0 Å². The molecule has 112 valence electrons. The van der Waals surface area contributed by atoms with Crippen molar-refractivity contribution in [2.45, 2.75) is 38.8 Å². The van der Waals surface area contributed by atoms with Crippen LogP contribution in [-0.2, 0) is 11.3 Å². The van der Waals surface area contributed by atoms with Crippen molar-refractivity contribution >= 4 is 11.6 Å². The van der Waals surface area contributed by atoms with Gasteiger partial charge in [0.15, 0.2) is 0 Å². The molecule has 1 aromatic carbocycles. The minimum absolute atomic E-state index is 0.160. The van der Waals surface area contributed by atoms with Crippen molar-refractivity contribution in [3.63, 3.8) is 0 Å². The number of nitrogens with one attached hydrogen (secondary N) is 1. The number of aromatic nitrogens is 2. The second-order valence-corrected chi connectivity index (χ2v) is 5.23. The van der Waals surface area contributed by atoms with Crippen LogP contribution in [-0.4, -0.2) is 21.2 Å². The van der Waals surface area contributed by atoms with Crippen LogP contribution in [0.2, 0.25) is 0 Å². The van der Waals surface area contributed by atoms with Crippen LogP contribution in [0.3, 0.4) is 0 Å². The third kappa shape index (κ3) is 3.70. The van der Waals surface area contributed by atoms with Crippen molar-refractivity contribution in [2.24, 2.45) is 5.73 Å². The summed E-state index contributed by atoms with van der Waals surface area (Å²) in [6.45, 7) is 4.51. The highest BCUT2D eigenvalue weighted by Crippen LogP contribution is 2.15. The fourth-order valence-corrected chi connectivity index (χ4v) is 2.11. The van der Waals surface area contributed by atoms with E-state index in [1.807, 2.05) is 50.4 Å². The van der Waals surface area contributed by atoms with Gasteiger partial charge in [-0.25, -0.2) is 0 Å². The van der Waals surface area contributed by atoms with Gasteiger partial charge in [-0.1, -0.05) is 44.2 Å². The zero-order valence-corrected chi connectivity index (χ0v) is 12.5. The Labute approximate surface area is 125 Å². The van der Waals surface area contributed by atoms with Crippen molar-refractivity contribution in [2.75, 3.05) is 5.32 Å². The molecule has 3 N–H and O–H groups in total. The monoisotopic (exact) mass is 286 g/mol. The first-order valence-electron chi connectivity index (χ1n) is 7.24. The van der Waals surface area contributed by atoms with E-state index in [4.69, 9.17) is 5.73 Å². The Morgan fingerprint density at radius 1 is 1.29 bits per heavy atom. The van der Waals surface area contributed by atoms with E-state index in [-0.39, 0.29) is 5.91 Å². The largest absolute Gasteiger partial charge is 0.322 e. The summed E-state index contributed by atoms with van der Waals surface area (Å²) in [4.78, 5) is 12.2. The molecule has 0 bridgehead atoms.